The highest BCUT2D eigenvalue weighted by atomic mass is 35.5. The van der Waals surface area contributed by atoms with Gasteiger partial charge in [-0.2, -0.15) is 13.2 Å². The van der Waals surface area contributed by atoms with Crippen molar-refractivity contribution in [2.75, 3.05) is 38.6 Å². The normalized spacial score (nSPS) is 19.3. The summed E-state index contributed by atoms with van der Waals surface area (Å²) in [6.45, 7) is 1.40. The maximum absolute atomic E-state index is 13.7. The summed E-state index contributed by atoms with van der Waals surface area (Å²) in [6, 6.07) is 9.80. The molecule has 7 nitrogen and oxygen atoms in total. The molecule has 2 aromatic rings. The van der Waals surface area contributed by atoms with E-state index in [4.69, 9.17) is 11.6 Å². The van der Waals surface area contributed by atoms with Gasteiger partial charge < -0.3 is 20.2 Å². The maximum Gasteiger partial charge on any atom is 0.430 e. The van der Waals surface area contributed by atoms with Crippen LogP contribution in [0.1, 0.15) is 35.2 Å². The summed E-state index contributed by atoms with van der Waals surface area (Å²) in [7, 11) is 3.28. The van der Waals surface area contributed by atoms with E-state index >= 15 is 0 Å². The van der Waals surface area contributed by atoms with Crippen LogP contribution in [0.4, 0.5) is 19.0 Å². The molecule has 1 aliphatic carbocycles. The number of amides is 2. The van der Waals surface area contributed by atoms with Gasteiger partial charge in [-0.25, -0.2) is 4.98 Å². The summed E-state index contributed by atoms with van der Waals surface area (Å²) >= 11 is 6.24. The van der Waals surface area contributed by atoms with E-state index in [1.165, 1.54) is 28.7 Å². The standard InChI is InChI=1S/C26H28ClF3N4O3/c1-33(2)23(35)19-8-9-21(32-22(19)27)34-12-10-16(11-13-34)20-14-17(20)15-31-24(36)25(37,26(28,29)30)18-6-4-3-5-7-18/h3-9,17,37H,10-15H2,1-2H3,(H,31,36)/t17-,25+/m0/s1. The number of alkyl halides is 3. The zero-order valence-corrected chi connectivity index (χ0v) is 21.2. The first-order chi connectivity index (χ1) is 17.4. The average molecular weight is 537 g/mol. The summed E-state index contributed by atoms with van der Waals surface area (Å²) < 4.78 is 41.1. The number of nitrogens with zero attached hydrogens (tertiary/aromatic N) is 3. The topological polar surface area (TPSA) is 85.8 Å². The minimum absolute atomic E-state index is 0.0329. The Morgan fingerprint density at radius 2 is 1.78 bits per heavy atom. The molecule has 2 amide bonds. The van der Waals surface area contributed by atoms with Crippen molar-refractivity contribution >= 4 is 29.2 Å². The highest BCUT2D eigenvalue weighted by Gasteiger charge is 2.60. The molecule has 1 aromatic carbocycles. The van der Waals surface area contributed by atoms with Crippen LogP contribution in [0.2, 0.25) is 5.15 Å². The highest BCUT2D eigenvalue weighted by Crippen LogP contribution is 2.44. The lowest BCUT2D eigenvalue weighted by molar-refractivity contribution is -0.257. The zero-order valence-electron chi connectivity index (χ0n) is 20.5. The van der Waals surface area contributed by atoms with Crippen LogP contribution in [0.3, 0.4) is 0 Å². The van der Waals surface area contributed by atoms with Gasteiger partial charge in [-0.3, -0.25) is 9.59 Å². The second-order valence-electron chi connectivity index (χ2n) is 9.51. The van der Waals surface area contributed by atoms with Crippen LogP contribution >= 0.6 is 11.6 Å². The van der Waals surface area contributed by atoms with E-state index in [9.17, 15) is 27.9 Å². The smallest absolute Gasteiger partial charge is 0.369 e. The van der Waals surface area contributed by atoms with Gasteiger partial charge in [0.1, 0.15) is 11.0 Å². The van der Waals surface area contributed by atoms with Crippen molar-refractivity contribution in [1.29, 1.82) is 0 Å². The van der Waals surface area contributed by atoms with Gasteiger partial charge in [0, 0.05) is 45.2 Å². The fourth-order valence-corrected chi connectivity index (χ4v) is 4.84. The van der Waals surface area contributed by atoms with Crippen molar-refractivity contribution in [3.8, 4) is 0 Å². The Hall–Kier alpha value is -3.11. The summed E-state index contributed by atoms with van der Waals surface area (Å²) in [5.41, 5.74) is -1.41. The second-order valence-corrected chi connectivity index (χ2v) is 9.87. The van der Waals surface area contributed by atoms with Crippen LogP contribution < -0.4 is 10.2 Å². The maximum atomic E-state index is 13.7. The molecule has 2 fully saturated rings. The van der Waals surface area contributed by atoms with Crippen molar-refractivity contribution in [2.45, 2.75) is 31.0 Å². The van der Waals surface area contributed by atoms with E-state index in [2.05, 4.69) is 15.2 Å². The number of rotatable bonds is 6. The van der Waals surface area contributed by atoms with E-state index < -0.39 is 23.2 Å². The number of benzene rings is 1. The Balaban J connectivity index is 1.35. The third kappa shape index (κ3) is 5.45. The third-order valence-electron chi connectivity index (χ3n) is 6.85. The van der Waals surface area contributed by atoms with Crippen LogP contribution in [-0.2, 0) is 10.4 Å². The van der Waals surface area contributed by atoms with E-state index in [1.54, 1.807) is 26.2 Å². The van der Waals surface area contributed by atoms with Gasteiger partial charge in [0.15, 0.2) is 0 Å². The molecular weight excluding hydrogens is 509 g/mol. The molecule has 1 aromatic heterocycles. The average Bonchev–Trinajstić information content (AvgIpc) is 3.66. The largest absolute Gasteiger partial charge is 0.430 e. The fourth-order valence-electron chi connectivity index (χ4n) is 4.61. The van der Waals surface area contributed by atoms with Crippen molar-refractivity contribution in [3.63, 3.8) is 0 Å². The predicted molar refractivity (Wildman–Crippen MR) is 133 cm³/mol. The Morgan fingerprint density at radius 3 is 2.35 bits per heavy atom. The van der Waals surface area contributed by atoms with Crippen LogP contribution in [-0.4, -0.2) is 66.7 Å². The van der Waals surface area contributed by atoms with Crippen LogP contribution in [0.5, 0.6) is 0 Å². The molecule has 0 radical (unpaired) electrons. The molecular formula is C26H28ClF3N4O3. The molecule has 1 aliphatic heterocycles. The van der Waals surface area contributed by atoms with Crippen molar-refractivity contribution in [1.82, 2.24) is 15.2 Å². The van der Waals surface area contributed by atoms with Gasteiger partial charge in [0.2, 0.25) is 0 Å². The summed E-state index contributed by atoms with van der Waals surface area (Å²) in [5, 5.41) is 12.8. The molecule has 0 bridgehead atoms. The van der Waals surface area contributed by atoms with E-state index in [0.29, 0.717) is 30.9 Å². The lowest BCUT2D eigenvalue weighted by atomic mass is 9.92. The molecule has 0 unspecified atom stereocenters. The highest BCUT2D eigenvalue weighted by molar-refractivity contribution is 6.32. The third-order valence-corrected chi connectivity index (χ3v) is 7.14. The lowest BCUT2D eigenvalue weighted by Crippen LogP contribution is -2.54. The first-order valence-corrected chi connectivity index (χ1v) is 12.3. The van der Waals surface area contributed by atoms with Gasteiger partial charge in [0.25, 0.3) is 17.4 Å². The number of carbonyl (C=O) groups excluding carboxylic acids is 2. The Kier molecular flexibility index (Phi) is 7.52. The Bertz CT molecular complexity index is 1210. The molecule has 2 N–H and O–H groups in total. The molecule has 37 heavy (non-hydrogen) atoms. The number of anilines is 1. The summed E-state index contributed by atoms with van der Waals surface area (Å²) in [4.78, 5) is 32.6. The Morgan fingerprint density at radius 1 is 1.14 bits per heavy atom. The monoisotopic (exact) mass is 536 g/mol. The van der Waals surface area contributed by atoms with E-state index in [-0.39, 0.29) is 23.5 Å². The van der Waals surface area contributed by atoms with Gasteiger partial charge in [-0.1, -0.05) is 53.1 Å². The number of halogens is 4. The molecule has 4 rings (SSSR count). The van der Waals surface area contributed by atoms with Crippen molar-refractivity contribution < 1.29 is 27.9 Å². The molecule has 2 atom stereocenters. The number of carbonyl (C=O) groups is 2. The minimum atomic E-state index is -5.16. The number of hydrogen-bond donors (Lipinski definition) is 2. The number of aromatic nitrogens is 1. The molecule has 0 spiro atoms. The first kappa shape index (κ1) is 26.9. The molecule has 2 aliphatic rings. The van der Waals surface area contributed by atoms with Crippen LogP contribution in [0.15, 0.2) is 53.6 Å². The summed E-state index contributed by atoms with van der Waals surface area (Å²) in [6.07, 6.45) is -2.94. The number of aliphatic hydroxyl groups is 1. The lowest BCUT2D eigenvalue weighted by Gasteiger charge is -2.30. The van der Waals surface area contributed by atoms with Crippen LogP contribution in [0.25, 0.3) is 0 Å². The molecule has 2 heterocycles. The Labute approximate surface area is 217 Å². The number of nitrogens with one attached hydrogen (secondary N) is 1. The van der Waals surface area contributed by atoms with E-state index in [0.717, 1.165) is 30.5 Å². The summed E-state index contributed by atoms with van der Waals surface area (Å²) in [5.74, 6) is -1.06. The predicted octanol–water partition coefficient (Wildman–Crippen LogP) is 3.92. The first-order valence-electron chi connectivity index (χ1n) is 11.9. The molecule has 1 saturated heterocycles. The number of hydrogen-bond acceptors (Lipinski definition) is 5. The number of piperidine rings is 1. The second kappa shape index (κ2) is 10.3. The van der Waals surface area contributed by atoms with Gasteiger partial charge in [0.05, 0.1) is 5.56 Å². The van der Waals surface area contributed by atoms with Gasteiger partial charge in [-0.05, 0) is 31.4 Å². The minimum Gasteiger partial charge on any atom is -0.369 e. The number of pyridine rings is 1. The van der Waals surface area contributed by atoms with E-state index in [1.807, 2.05) is 0 Å². The zero-order chi connectivity index (χ0) is 27.0. The molecule has 198 valence electrons. The van der Waals surface area contributed by atoms with Crippen LogP contribution in [0, 0.1) is 5.92 Å². The van der Waals surface area contributed by atoms with Gasteiger partial charge >= 0.3 is 6.18 Å². The quantitative estimate of drug-likeness (QED) is 0.432. The fraction of sp³-hybridized carbons (Fsp3) is 0.423. The SMILES string of the molecule is CN(C)C(=O)c1ccc(N2CCC(=C3C[C@H]3CNC(=O)[C@](O)(c3ccccc3)C(F)(F)F)CC2)nc1Cl. The molecule has 11 heteroatoms. The van der Waals surface area contributed by atoms with Gasteiger partial charge in [-0.15, -0.1) is 0 Å². The van der Waals surface area contributed by atoms with Crippen molar-refractivity contribution in [3.05, 3.63) is 69.9 Å². The van der Waals surface area contributed by atoms with Crippen molar-refractivity contribution in [2.24, 2.45) is 5.92 Å². The molecule has 1 saturated carbocycles.